The van der Waals surface area contributed by atoms with Gasteiger partial charge < -0.3 is 19.9 Å². The van der Waals surface area contributed by atoms with E-state index in [1.807, 2.05) is 4.90 Å². The number of rotatable bonds is 5. The van der Waals surface area contributed by atoms with E-state index >= 15 is 0 Å². The Balaban J connectivity index is 1.84. The van der Waals surface area contributed by atoms with Crippen LogP contribution in [-0.4, -0.2) is 66.7 Å². The molecule has 0 aromatic carbocycles. The van der Waals surface area contributed by atoms with Gasteiger partial charge in [0.15, 0.2) is 0 Å². The number of nitrogens with one attached hydrogen (secondary N) is 1. The van der Waals surface area contributed by atoms with Crippen LogP contribution in [0.25, 0.3) is 0 Å². The zero-order valence-corrected chi connectivity index (χ0v) is 15.4. The average Bonchev–Trinajstić information content (AvgIpc) is 2.70. The van der Waals surface area contributed by atoms with Crippen LogP contribution in [0.15, 0.2) is 0 Å². The lowest BCUT2D eigenvalue weighted by atomic mass is 9.96. The zero-order valence-electron chi connectivity index (χ0n) is 15.4. The summed E-state index contributed by atoms with van der Waals surface area (Å²) in [5.41, 5.74) is 0. The van der Waals surface area contributed by atoms with Gasteiger partial charge in [0.2, 0.25) is 5.91 Å². The van der Waals surface area contributed by atoms with Gasteiger partial charge in [0.1, 0.15) is 6.54 Å². The van der Waals surface area contributed by atoms with Crippen molar-refractivity contribution in [2.24, 2.45) is 5.92 Å². The van der Waals surface area contributed by atoms with Crippen molar-refractivity contribution in [3.05, 3.63) is 0 Å². The summed E-state index contributed by atoms with van der Waals surface area (Å²) in [6, 6.07) is 0.0528. The molecule has 2 aliphatic heterocycles. The standard InChI is InChI=1S/C18H33N3O3/c1-4-7-20-8-5-9-21(13-17(20)22)18(23)19-15-6-10-24-16(12-15)11-14(2)3/h14-16H,4-13H2,1-3H3,(H,19,23)/t15-,16-/m0/s1. The van der Waals surface area contributed by atoms with Crippen LogP contribution in [0.1, 0.15) is 52.9 Å². The first-order chi connectivity index (χ1) is 11.5. The first-order valence-electron chi connectivity index (χ1n) is 9.44. The maximum Gasteiger partial charge on any atom is 0.318 e. The van der Waals surface area contributed by atoms with Gasteiger partial charge in [-0.15, -0.1) is 0 Å². The van der Waals surface area contributed by atoms with E-state index in [-0.39, 0.29) is 30.6 Å². The van der Waals surface area contributed by atoms with Crippen molar-refractivity contribution in [2.45, 2.75) is 65.0 Å². The molecular weight excluding hydrogens is 306 g/mol. The molecule has 2 saturated heterocycles. The van der Waals surface area contributed by atoms with Crippen molar-refractivity contribution in [1.29, 1.82) is 0 Å². The van der Waals surface area contributed by atoms with Crippen molar-refractivity contribution in [3.8, 4) is 0 Å². The topological polar surface area (TPSA) is 61.9 Å². The van der Waals surface area contributed by atoms with E-state index in [0.29, 0.717) is 19.1 Å². The molecule has 24 heavy (non-hydrogen) atoms. The third-order valence-electron chi connectivity index (χ3n) is 4.74. The van der Waals surface area contributed by atoms with Gasteiger partial charge in [-0.2, -0.15) is 0 Å². The predicted molar refractivity (Wildman–Crippen MR) is 93.8 cm³/mol. The minimum Gasteiger partial charge on any atom is -0.378 e. The van der Waals surface area contributed by atoms with E-state index in [0.717, 1.165) is 45.2 Å². The normalized spacial score (nSPS) is 25.8. The summed E-state index contributed by atoms with van der Waals surface area (Å²) in [5, 5.41) is 3.12. The molecule has 3 amide bonds. The molecule has 2 heterocycles. The Morgan fingerprint density at radius 1 is 1.38 bits per heavy atom. The maximum atomic E-state index is 12.6. The highest BCUT2D eigenvalue weighted by Gasteiger charge is 2.28. The van der Waals surface area contributed by atoms with Crippen molar-refractivity contribution < 1.29 is 14.3 Å². The lowest BCUT2D eigenvalue weighted by molar-refractivity contribution is -0.130. The molecule has 0 spiro atoms. The first kappa shape index (κ1) is 19.0. The minimum atomic E-state index is -0.100. The van der Waals surface area contributed by atoms with Gasteiger partial charge in [-0.05, 0) is 38.0 Å². The molecule has 0 aromatic rings. The van der Waals surface area contributed by atoms with E-state index in [4.69, 9.17) is 4.74 Å². The van der Waals surface area contributed by atoms with Crippen molar-refractivity contribution in [2.75, 3.05) is 32.8 Å². The average molecular weight is 339 g/mol. The van der Waals surface area contributed by atoms with Crippen LogP contribution in [0.5, 0.6) is 0 Å². The fraction of sp³-hybridized carbons (Fsp3) is 0.889. The molecule has 2 aliphatic rings. The van der Waals surface area contributed by atoms with E-state index in [9.17, 15) is 9.59 Å². The molecular formula is C18H33N3O3. The zero-order chi connectivity index (χ0) is 17.5. The monoisotopic (exact) mass is 339 g/mol. The molecule has 2 rings (SSSR count). The van der Waals surface area contributed by atoms with Crippen LogP contribution < -0.4 is 5.32 Å². The Hall–Kier alpha value is -1.30. The molecule has 0 radical (unpaired) electrons. The molecule has 6 heteroatoms. The number of amides is 3. The van der Waals surface area contributed by atoms with Crippen molar-refractivity contribution >= 4 is 11.9 Å². The van der Waals surface area contributed by atoms with Gasteiger partial charge in [0.25, 0.3) is 0 Å². The van der Waals surface area contributed by atoms with Crippen LogP contribution in [0.4, 0.5) is 4.79 Å². The molecule has 0 aromatic heterocycles. The fourth-order valence-corrected chi connectivity index (χ4v) is 3.57. The first-order valence-corrected chi connectivity index (χ1v) is 9.44. The quantitative estimate of drug-likeness (QED) is 0.835. The van der Waals surface area contributed by atoms with Gasteiger partial charge in [-0.1, -0.05) is 20.8 Å². The van der Waals surface area contributed by atoms with E-state index in [2.05, 4.69) is 26.1 Å². The summed E-state index contributed by atoms with van der Waals surface area (Å²) in [4.78, 5) is 28.4. The molecule has 138 valence electrons. The van der Waals surface area contributed by atoms with Gasteiger partial charge in [-0.3, -0.25) is 4.79 Å². The predicted octanol–water partition coefficient (Wildman–Crippen LogP) is 2.23. The number of carbonyl (C=O) groups is 2. The number of urea groups is 1. The van der Waals surface area contributed by atoms with Crippen molar-refractivity contribution in [3.63, 3.8) is 0 Å². The summed E-state index contributed by atoms with van der Waals surface area (Å²) in [5.74, 6) is 0.659. The molecule has 6 nitrogen and oxygen atoms in total. The van der Waals surface area contributed by atoms with Gasteiger partial charge in [0.05, 0.1) is 6.10 Å². The summed E-state index contributed by atoms with van der Waals surface area (Å²) in [7, 11) is 0. The summed E-state index contributed by atoms with van der Waals surface area (Å²) in [6.07, 6.45) is 4.79. The number of hydrogen-bond acceptors (Lipinski definition) is 3. The summed E-state index contributed by atoms with van der Waals surface area (Å²) >= 11 is 0. The largest absolute Gasteiger partial charge is 0.378 e. The Bertz CT molecular complexity index is 428. The van der Waals surface area contributed by atoms with E-state index in [1.165, 1.54) is 0 Å². The smallest absolute Gasteiger partial charge is 0.318 e. The number of ether oxygens (including phenoxy) is 1. The molecule has 2 atom stereocenters. The lowest BCUT2D eigenvalue weighted by Crippen LogP contribution is -2.50. The van der Waals surface area contributed by atoms with Gasteiger partial charge >= 0.3 is 6.03 Å². The van der Waals surface area contributed by atoms with E-state index < -0.39 is 0 Å². The molecule has 0 aliphatic carbocycles. The highest BCUT2D eigenvalue weighted by molar-refractivity contribution is 5.84. The summed E-state index contributed by atoms with van der Waals surface area (Å²) in [6.45, 7) is 9.54. The van der Waals surface area contributed by atoms with Gasteiger partial charge in [-0.25, -0.2) is 4.79 Å². The third-order valence-corrected chi connectivity index (χ3v) is 4.74. The number of nitrogens with zero attached hydrogens (tertiary/aromatic N) is 2. The third kappa shape index (κ3) is 5.65. The van der Waals surface area contributed by atoms with Crippen LogP contribution in [0.2, 0.25) is 0 Å². The van der Waals surface area contributed by atoms with Gasteiger partial charge in [0, 0.05) is 32.3 Å². The SMILES string of the molecule is CCCN1CCCN(C(=O)N[C@H]2CCO[C@@H](CC(C)C)C2)CC1=O. The highest BCUT2D eigenvalue weighted by Crippen LogP contribution is 2.20. The molecule has 0 saturated carbocycles. The fourth-order valence-electron chi connectivity index (χ4n) is 3.57. The Morgan fingerprint density at radius 3 is 2.88 bits per heavy atom. The highest BCUT2D eigenvalue weighted by atomic mass is 16.5. The van der Waals surface area contributed by atoms with Crippen LogP contribution >= 0.6 is 0 Å². The molecule has 1 N–H and O–H groups in total. The molecule has 2 fully saturated rings. The lowest BCUT2D eigenvalue weighted by Gasteiger charge is -2.32. The minimum absolute atomic E-state index is 0.0640. The van der Waals surface area contributed by atoms with Crippen LogP contribution in [0, 0.1) is 5.92 Å². The van der Waals surface area contributed by atoms with E-state index in [1.54, 1.807) is 4.90 Å². The molecule has 0 bridgehead atoms. The maximum absolute atomic E-state index is 12.6. The summed E-state index contributed by atoms with van der Waals surface area (Å²) < 4.78 is 5.80. The second-order valence-corrected chi connectivity index (χ2v) is 7.45. The second kappa shape index (κ2) is 9.25. The van der Waals surface area contributed by atoms with Crippen LogP contribution in [0.3, 0.4) is 0 Å². The number of carbonyl (C=O) groups excluding carboxylic acids is 2. The Morgan fingerprint density at radius 2 is 2.17 bits per heavy atom. The van der Waals surface area contributed by atoms with Crippen molar-refractivity contribution in [1.82, 2.24) is 15.1 Å². The second-order valence-electron chi connectivity index (χ2n) is 7.45. The molecule has 0 unspecified atom stereocenters. The Labute approximate surface area is 145 Å². The van der Waals surface area contributed by atoms with Crippen LogP contribution in [-0.2, 0) is 9.53 Å². The Kier molecular flexibility index (Phi) is 7.34. The number of hydrogen-bond donors (Lipinski definition) is 1.